The minimum Gasteiger partial charge on any atom is -0.365 e. The summed E-state index contributed by atoms with van der Waals surface area (Å²) >= 11 is 1.22. The largest absolute Gasteiger partial charge is 0.365 e. The molecule has 0 aliphatic carbocycles. The molecule has 0 bridgehead atoms. The van der Waals surface area contributed by atoms with Crippen molar-refractivity contribution in [1.82, 2.24) is 25.1 Å². The number of methoxy groups -OCH3 is 1. The van der Waals surface area contributed by atoms with Crippen molar-refractivity contribution in [1.29, 1.82) is 0 Å². The molecule has 1 aromatic heterocycles. The molecule has 30 heavy (non-hydrogen) atoms. The normalized spacial score (nSPS) is 25.9. The first-order valence-corrected chi connectivity index (χ1v) is 12.3. The first-order chi connectivity index (χ1) is 13.9. The van der Waals surface area contributed by atoms with Gasteiger partial charge in [0.2, 0.25) is 5.16 Å². The van der Waals surface area contributed by atoms with Crippen molar-refractivity contribution in [3.05, 3.63) is 11.3 Å². The highest BCUT2D eigenvalue weighted by atomic mass is 32.2. The summed E-state index contributed by atoms with van der Waals surface area (Å²) in [5.74, 6) is -0.889. The van der Waals surface area contributed by atoms with Gasteiger partial charge in [-0.15, -0.1) is 5.10 Å². The van der Waals surface area contributed by atoms with E-state index in [-0.39, 0.29) is 29.4 Å². The third-order valence-corrected chi connectivity index (χ3v) is 8.46. The van der Waals surface area contributed by atoms with E-state index in [0.29, 0.717) is 17.2 Å². The predicted octanol–water partition coefficient (Wildman–Crippen LogP) is 0.954. The van der Waals surface area contributed by atoms with Crippen molar-refractivity contribution in [2.45, 2.75) is 56.7 Å². The number of ketones is 1. The summed E-state index contributed by atoms with van der Waals surface area (Å²) in [6.07, 6.45) is 0.849. The molecule has 3 rings (SSSR count). The maximum Gasteiger partial charge on any atom is 0.263 e. The average Bonchev–Trinajstić information content (AvgIpc) is 3.06. The highest BCUT2D eigenvalue weighted by Crippen LogP contribution is 2.48. The minimum atomic E-state index is -3.76. The maximum atomic E-state index is 13.3. The first kappa shape index (κ1) is 22.9. The van der Waals surface area contributed by atoms with Crippen molar-refractivity contribution in [2.24, 2.45) is 12.5 Å². The number of thioether (sulfide) groups is 1. The molecule has 2 atom stereocenters. The number of β-lactam (4-membered cyclic amide) rings is 1. The molecule has 0 aromatic carbocycles. The molecule has 12 heteroatoms. The van der Waals surface area contributed by atoms with Crippen LogP contribution in [0.15, 0.2) is 16.4 Å². The Balaban J connectivity index is 2.10. The van der Waals surface area contributed by atoms with E-state index in [2.05, 4.69) is 15.5 Å². The number of allylic oxidation sites excluding steroid dienone is 1. The molecule has 0 saturated carbocycles. The molecule has 1 saturated heterocycles. The fraction of sp³-hybridized carbons (Fsp3) is 0.722. The Labute approximate surface area is 180 Å². The van der Waals surface area contributed by atoms with E-state index in [4.69, 9.17) is 4.74 Å². The molecule has 2 aliphatic rings. The van der Waals surface area contributed by atoms with Crippen molar-refractivity contribution in [3.63, 3.8) is 0 Å². The van der Waals surface area contributed by atoms with Gasteiger partial charge in [-0.25, -0.2) is 13.1 Å². The number of ether oxygens (including phenoxy) is 1. The van der Waals surface area contributed by atoms with Gasteiger partial charge in [0.05, 0.1) is 11.4 Å². The Hall–Kier alpha value is -1.79. The average molecular weight is 458 g/mol. The molecule has 1 amide bonds. The van der Waals surface area contributed by atoms with Crippen LogP contribution in [-0.2, 0) is 31.2 Å². The standard InChI is InChI=1S/C18H27N5O5S2/c1-7-8-18(28-6)14(25)23-12(13(24)17(2,3)4)11(10-30(26,27)15(18)23)9-29-16-19-20-21-22(16)5/h15H,7-10H2,1-6H3/t15-,18-/m1/s1. The van der Waals surface area contributed by atoms with Crippen molar-refractivity contribution < 1.29 is 22.7 Å². The van der Waals surface area contributed by atoms with E-state index in [0.717, 1.165) is 4.90 Å². The number of nitrogens with zero attached hydrogens (tertiary/aromatic N) is 5. The van der Waals surface area contributed by atoms with E-state index >= 15 is 0 Å². The highest BCUT2D eigenvalue weighted by molar-refractivity contribution is 7.99. The number of aromatic nitrogens is 4. The van der Waals surface area contributed by atoms with Crippen LogP contribution in [0.5, 0.6) is 0 Å². The number of sulfone groups is 1. The summed E-state index contributed by atoms with van der Waals surface area (Å²) in [5, 5.41) is 10.5. The molecule has 0 N–H and O–H groups in total. The molecule has 2 aliphatic heterocycles. The van der Waals surface area contributed by atoms with Crippen molar-refractivity contribution in [2.75, 3.05) is 18.6 Å². The van der Waals surface area contributed by atoms with Gasteiger partial charge >= 0.3 is 0 Å². The van der Waals surface area contributed by atoms with Gasteiger partial charge < -0.3 is 4.74 Å². The van der Waals surface area contributed by atoms with Gasteiger partial charge in [0.15, 0.2) is 26.6 Å². The maximum absolute atomic E-state index is 13.3. The molecule has 0 radical (unpaired) electrons. The van der Waals surface area contributed by atoms with Crippen LogP contribution in [0.1, 0.15) is 40.5 Å². The van der Waals surface area contributed by atoms with Crippen molar-refractivity contribution in [3.8, 4) is 0 Å². The van der Waals surface area contributed by atoms with Crippen molar-refractivity contribution >= 4 is 33.3 Å². The third-order valence-electron chi connectivity index (χ3n) is 5.34. The van der Waals surface area contributed by atoms with Crippen LogP contribution in [-0.4, -0.2) is 74.8 Å². The number of aryl methyl sites for hydroxylation is 1. The summed E-state index contributed by atoms with van der Waals surface area (Å²) < 4.78 is 33.4. The number of fused-ring (bicyclic) bond motifs is 1. The van der Waals surface area contributed by atoms with Gasteiger partial charge in [-0.2, -0.15) is 0 Å². The predicted molar refractivity (Wildman–Crippen MR) is 110 cm³/mol. The van der Waals surface area contributed by atoms with Gasteiger partial charge in [-0.1, -0.05) is 45.9 Å². The van der Waals surface area contributed by atoms with E-state index in [1.807, 2.05) is 6.92 Å². The smallest absolute Gasteiger partial charge is 0.263 e. The number of Topliss-reactive ketones (excluding diaryl/α,β-unsaturated/α-hetero) is 1. The SMILES string of the molecule is CCC[C@@]1(OC)C(=O)N2C(C(=O)C(C)(C)C)=C(CSc3nnnn3C)CS(=O)(=O)[C@@H]21. The number of rotatable bonds is 7. The second-order valence-corrected chi connectivity index (χ2v) is 11.6. The van der Waals surface area contributed by atoms with Crippen LogP contribution in [0.25, 0.3) is 0 Å². The molecular formula is C18H27N5O5S2. The third kappa shape index (κ3) is 3.48. The second-order valence-electron chi connectivity index (χ2n) is 8.58. The van der Waals surface area contributed by atoms with E-state index in [1.54, 1.807) is 27.8 Å². The van der Waals surface area contributed by atoms with Gasteiger partial charge in [0.25, 0.3) is 5.91 Å². The Morgan fingerprint density at radius 3 is 2.53 bits per heavy atom. The minimum absolute atomic E-state index is 0.165. The molecule has 1 fully saturated rings. The summed E-state index contributed by atoms with van der Waals surface area (Å²) in [7, 11) is -0.745. The van der Waals surface area contributed by atoms with Crippen LogP contribution in [0.3, 0.4) is 0 Å². The fourth-order valence-corrected chi connectivity index (χ4v) is 7.20. The topological polar surface area (TPSA) is 124 Å². The lowest BCUT2D eigenvalue weighted by Gasteiger charge is -2.56. The molecule has 10 nitrogen and oxygen atoms in total. The number of tetrazole rings is 1. The summed E-state index contributed by atoms with van der Waals surface area (Å²) in [6, 6.07) is 0. The Morgan fingerprint density at radius 1 is 1.37 bits per heavy atom. The quantitative estimate of drug-likeness (QED) is 0.435. The van der Waals surface area contributed by atoms with Gasteiger partial charge in [0.1, 0.15) is 0 Å². The zero-order valence-electron chi connectivity index (χ0n) is 18.0. The van der Waals surface area contributed by atoms with Gasteiger partial charge in [-0.3, -0.25) is 14.5 Å². The molecule has 1 aromatic rings. The number of amides is 1. The van der Waals surface area contributed by atoms with Gasteiger partial charge in [-0.05, 0) is 22.4 Å². The highest BCUT2D eigenvalue weighted by Gasteiger charge is 2.69. The lowest BCUT2D eigenvalue weighted by molar-refractivity contribution is -0.185. The van der Waals surface area contributed by atoms with E-state index in [9.17, 15) is 18.0 Å². The molecule has 166 valence electrons. The van der Waals surface area contributed by atoms with Crippen LogP contribution < -0.4 is 0 Å². The second kappa shape index (κ2) is 7.72. The summed E-state index contributed by atoms with van der Waals surface area (Å²) in [6.45, 7) is 7.10. The Morgan fingerprint density at radius 2 is 2.03 bits per heavy atom. The summed E-state index contributed by atoms with van der Waals surface area (Å²) in [5.41, 5.74) is -1.68. The summed E-state index contributed by atoms with van der Waals surface area (Å²) in [4.78, 5) is 27.7. The first-order valence-electron chi connectivity index (χ1n) is 9.63. The fourth-order valence-electron chi connectivity index (χ4n) is 3.91. The van der Waals surface area contributed by atoms with E-state index in [1.165, 1.54) is 23.6 Å². The Bertz CT molecular complexity index is 1010. The monoisotopic (exact) mass is 457 g/mol. The van der Waals surface area contributed by atoms with Crippen LogP contribution in [0.2, 0.25) is 0 Å². The molecule has 0 spiro atoms. The number of carbonyl (C=O) groups excluding carboxylic acids is 2. The lowest BCUT2D eigenvalue weighted by atomic mass is 9.81. The molecule has 0 unspecified atom stereocenters. The number of hydrogen-bond donors (Lipinski definition) is 0. The van der Waals surface area contributed by atoms with Gasteiger partial charge in [0, 0.05) is 25.3 Å². The molecular weight excluding hydrogens is 430 g/mol. The zero-order chi connectivity index (χ0) is 22.5. The van der Waals surface area contributed by atoms with E-state index < -0.39 is 32.1 Å². The zero-order valence-corrected chi connectivity index (χ0v) is 19.6. The molecule has 3 heterocycles. The Kier molecular flexibility index (Phi) is 5.89. The lowest BCUT2D eigenvalue weighted by Crippen LogP contribution is -2.78. The van der Waals surface area contributed by atoms with Crippen LogP contribution >= 0.6 is 11.8 Å². The van der Waals surface area contributed by atoms with Crippen LogP contribution in [0.4, 0.5) is 0 Å². The number of carbonyl (C=O) groups is 2. The number of hydrogen-bond acceptors (Lipinski definition) is 9. The van der Waals surface area contributed by atoms with Crippen LogP contribution in [0, 0.1) is 5.41 Å².